The fourth-order valence-corrected chi connectivity index (χ4v) is 2.67. The molecule has 0 amide bonds. The molecule has 0 aliphatic heterocycles. The van der Waals surface area contributed by atoms with E-state index in [1.54, 1.807) is 6.07 Å². The standard InChI is InChI=1S/C17H21N3O/c1-11(2)17-19-15(18)10-16(20-17)21-14-8-7-12-5-3-4-6-13(12)9-14/h7-11H,3-6H2,1-2H3,(H2,18,19,20). The average Bonchev–Trinajstić information content (AvgIpc) is 2.46. The topological polar surface area (TPSA) is 61.0 Å². The molecule has 1 aliphatic carbocycles. The molecule has 4 heteroatoms. The lowest BCUT2D eigenvalue weighted by Crippen LogP contribution is -2.04. The predicted octanol–water partition coefficient (Wildman–Crippen LogP) is 3.85. The Morgan fingerprint density at radius 3 is 2.57 bits per heavy atom. The van der Waals surface area contributed by atoms with Crippen LogP contribution in [0.2, 0.25) is 0 Å². The van der Waals surface area contributed by atoms with E-state index in [9.17, 15) is 0 Å². The van der Waals surface area contributed by atoms with Crippen molar-refractivity contribution in [3.63, 3.8) is 0 Å². The van der Waals surface area contributed by atoms with Crippen LogP contribution in [0.3, 0.4) is 0 Å². The van der Waals surface area contributed by atoms with Crippen LogP contribution >= 0.6 is 0 Å². The lowest BCUT2D eigenvalue weighted by molar-refractivity contribution is 0.456. The van der Waals surface area contributed by atoms with E-state index in [2.05, 4.69) is 22.1 Å². The third-order valence-electron chi connectivity index (χ3n) is 3.80. The number of anilines is 1. The van der Waals surface area contributed by atoms with E-state index < -0.39 is 0 Å². The lowest BCUT2D eigenvalue weighted by atomic mass is 9.92. The van der Waals surface area contributed by atoms with Crippen molar-refractivity contribution in [2.75, 3.05) is 5.73 Å². The summed E-state index contributed by atoms with van der Waals surface area (Å²) in [6, 6.07) is 7.97. The number of hydrogen-bond donors (Lipinski definition) is 1. The fraction of sp³-hybridized carbons (Fsp3) is 0.412. The number of benzene rings is 1. The summed E-state index contributed by atoms with van der Waals surface area (Å²) < 4.78 is 5.88. The number of nitrogens with zero attached hydrogens (tertiary/aromatic N) is 2. The maximum atomic E-state index is 5.88. The quantitative estimate of drug-likeness (QED) is 0.929. The van der Waals surface area contributed by atoms with Crippen molar-refractivity contribution in [1.29, 1.82) is 0 Å². The Labute approximate surface area is 125 Å². The first-order valence-corrected chi connectivity index (χ1v) is 7.56. The number of hydrogen-bond acceptors (Lipinski definition) is 4. The van der Waals surface area contributed by atoms with Crippen molar-refractivity contribution in [1.82, 2.24) is 9.97 Å². The van der Waals surface area contributed by atoms with Gasteiger partial charge in [-0.25, -0.2) is 4.98 Å². The molecule has 0 bridgehead atoms. The number of rotatable bonds is 3. The summed E-state index contributed by atoms with van der Waals surface area (Å²) in [4.78, 5) is 8.66. The van der Waals surface area contributed by atoms with E-state index in [1.807, 2.05) is 19.9 Å². The van der Waals surface area contributed by atoms with Gasteiger partial charge in [0.15, 0.2) is 0 Å². The van der Waals surface area contributed by atoms with Crippen molar-refractivity contribution < 1.29 is 4.74 Å². The summed E-state index contributed by atoms with van der Waals surface area (Å²) in [5.74, 6) is 2.72. The number of aromatic nitrogens is 2. The van der Waals surface area contributed by atoms with Crippen molar-refractivity contribution in [2.24, 2.45) is 0 Å². The first-order valence-electron chi connectivity index (χ1n) is 7.56. The number of nitrogen functional groups attached to an aromatic ring is 1. The van der Waals surface area contributed by atoms with E-state index in [-0.39, 0.29) is 5.92 Å². The molecule has 3 rings (SSSR count). The van der Waals surface area contributed by atoms with E-state index in [1.165, 1.54) is 30.4 Å². The largest absolute Gasteiger partial charge is 0.439 e. The van der Waals surface area contributed by atoms with Gasteiger partial charge in [-0.2, -0.15) is 4.98 Å². The Morgan fingerprint density at radius 2 is 1.81 bits per heavy atom. The third kappa shape index (κ3) is 3.15. The van der Waals surface area contributed by atoms with Crippen LogP contribution < -0.4 is 10.5 Å². The van der Waals surface area contributed by atoms with Crippen molar-refractivity contribution >= 4 is 5.82 Å². The van der Waals surface area contributed by atoms with Crippen molar-refractivity contribution in [3.8, 4) is 11.6 Å². The summed E-state index contributed by atoms with van der Waals surface area (Å²) >= 11 is 0. The van der Waals surface area contributed by atoms with Crippen LogP contribution in [-0.4, -0.2) is 9.97 Å². The highest BCUT2D eigenvalue weighted by molar-refractivity contribution is 5.40. The molecule has 1 aliphatic rings. The monoisotopic (exact) mass is 283 g/mol. The van der Waals surface area contributed by atoms with E-state index >= 15 is 0 Å². The fourth-order valence-electron chi connectivity index (χ4n) is 2.67. The number of nitrogens with two attached hydrogens (primary N) is 1. The van der Waals surface area contributed by atoms with Gasteiger partial charge in [0.05, 0.1) is 0 Å². The molecule has 1 aromatic carbocycles. The van der Waals surface area contributed by atoms with E-state index in [4.69, 9.17) is 10.5 Å². The van der Waals surface area contributed by atoms with Crippen LogP contribution in [0.4, 0.5) is 5.82 Å². The van der Waals surface area contributed by atoms with Crippen molar-refractivity contribution in [2.45, 2.75) is 45.4 Å². The maximum Gasteiger partial charge on any atom is 0.224 e. The van der Waals surface area contributed by atoms with Crippen LogP contribution in [0.5, 0.6) is 11.6 Å². The highest BCUT2D eigenvalue weighted by atomic mass is 16.5. The smallest absolute Gasteiger partial charge is 0.224 e. The van der Waals surface area contributed by atoms with E-state index in [0.717, 1.165) is 12.2 Å². The summed E-state index contributed by atoms with van der Waals surface area (Å²) in [7, 11) is 0. The third-order valence-corrected chi connectivity index (χ3v) is 3.80. The number of aryl methyl sites for hydroxylation is 2. The lowest BCUT2D eigenvalue weighted by Gasteiger charge is -2.16. The molecule has 0 spiro atoms. The van der Waals surface area contributed by atoms with Gasteiger partial charge in [-0.1, -0.05) is 19.9 Å². The molecule has 110 valence electrons. The van der Waals surface area contributed by atoms with Gasteiger partial charge in [-0.05, 0) is 48.9 Å². The first-order chi connectivity index (χ1) is 10.1. The van der Waals surface area contributed by atoms with Gasteiger partial charge in [-0.15, -0.1) is 0 Å². The molecule has 0 unspecified atom stereocenters. The van der Waals surface area contributed by atoms with Gasteiger partial charge in [0.25, 0.3) is 0 Å². The highest BCUT2D eigenvalue weighted by Gasteiger charge is 2.12. The molecule has 0 radical (unpaired) electrons. The maximum absolute atomic E-state index is 5.88. The molecule has 0 saturated heterocycles. The normalized spacial score (nSPS) is 14.0. The van der Waals surface area contributed by atoms with Gasteiger partial charge in [0.2, 0.25) is 5.88 Å². The molecular weight excluding hydrogens is 262 g/mol. The molecule has 2 N–H and O–H groups in total. The zero-order valence-corrected chi connectivity index (χ0v) is 12.6. The first kappa shape index (κ1) is 13.9. The summed E-state index contributed by atoms with van der Waals surface area (Å²) in [5.41, 5.74) is 8.67. The van der Waals surface area contributed by atoms with Gasteiger partial charge < -0.3 is 10.5 Å². The minimum Gasteiger partial charge on any atom is -0.439 e. The molecule has 2 aromatic rings. The van der Waals surface area contributed by atoms with Crippen LogP contribution in [0.25, 0.3) is 0 Å². The second kappa shape index (κ2) is 5.72. The summed E-state index contributed by atoms with van der Waals surface area (Å²) in [6.45, 7) is 4.08. The van der Waals surface area contributed by atoms with Crippen molar-refractivity contribution in [3.05, 3.63) is 41.2 Å². The molecule has 0 atom stereocenters. The van der Waals surface area contributed by atoms with Crippen LogP contribution in [0.1, 0.15) is 49.6 Å². The summed E-state index contributed by atoms with van der Waals surface area (Å²) in [6.07, 6.45) is 4.85. The molecule has 4 nitrogen and oxygen atoms in total. The van der Waals surface area contributed by atoms with Crippen LogP contribution in [0, 0.1) is 0 Å². The van der Waals surface area contributed by atoms with Gasteiger partial charge >= 0.3 is 0 Å². The SMILES string of the molecule is CC(C)c1nc(N)cc(Oc2ccc3c(c2)CCCC3)n1. The van der Waals surface area contributed by atoms with Gasteiger partial charge in [0.1, 0.15) is 17.4 Å². The second-order valence-electron chi connectivity index (χ2n) is 5.88. The highest BCUT2D eigenvalue weighted by Crippen LogP contribution is 2.28. The molecule has 1 aromatic heterocycles. The van der Waals surface area contributed by atoms with Crippen LogP contribution in [-0.2, 0) is 12.8 Å². The van der Waals surface area contributed by atoms with Crippen LogP contribution in [0.15, 0.2) is 24.3 Å². The number of ether oxygens (including phenoxy) is 1. The zero-order chi connectivity index (χ0) is 14.8. The Hall–Kier alpha value is -2.10. The molecular formula is C17H21N3O. The molecule has 0 fully saturated rings. The Balaban J connectivity index is 1.86. The van der Waals surface area contributed by atoms with Gasteiger partial charge in [-0.3, -0.25) is 0 Å². The molecule has 0 saturated carbocycles. The zero-order valence-electron chi connectivity index (χ0n) is 12.6. The Bertz CT molecular complexity index is 652. The molecule has 1 heterocycles. The average molecular weight is 283 g/mol. The molecule has 21 heavy (non-hydrogen) atoms. The predicted molar refractivity (Wildman–Crippen MR) is 83.7 cm³/mol. The Kier molecular flexibility index (Phi) is 3.78. The van der Waals surface area contributed by atoms with Gasteiger partial charge in [0, 0.05) is 12.0 Å². The number of fused-ring (bicyclic) bond motifs is 1. The summed E-state index contributed by atoms with van der Waals surface area (Å²) in [5, 5.41) is 0. The minimum atomic E-state index is 0.222. The van der Waals surface area contributed by atoms with E-state index in [0.29, 0.717) is 17.5 Å². The Morgan fingerprint density at radius 1 is 1.05 bits per heavy atom. The second-order valence-corrected chi connectivity index (χ2v) is 5.88. The minimum absolute atomic E-state index is 0.222.